The second kappa shape index (κ2) is 6.08. The Kier molecular flexibility index (Phi) is 4.70. The molecule has 0 radical (unpaired) electrons. The number of hydrogen-bond acceptors (Lipinski definition) is 5. The first-order chi connectivity index (χ1) is 7.27. The molecule has 0 aromatic carbocycles. The van der Waals surface area contributed by atoms with Crippen molar-refractivity contribution in [2.24, 2.45) is 0 Å². The molecule has 0 spiro atoms. The minimum atomic E-state index is 0.222. The van der Waals surface area contributed by atoms with Crippen LogP contribution in [0.1, 0.15) is 12.8 Å². The Labute approximate surface area is 89.3 Å². The average Bonchev–Trinajstić information content (AvgIpc) is 2.26. The van der Waals surface area contributed by atoms with E-state index >= 15 is 0 Å². The van der Waals surface area contributed by atoms with Gasteiger partial charge in [0.05, 0.1) is 12.8 Å². The summed E-state index contributed by atoms with van der Waals surface area (Å²) >= 11 is 0. The Hall–Kier alpha value is -1.49. The lowest BCUT2D eigenvalue weighted by Crippen LogP contribution is -2.05. The summed E-state index contributed by atoms with van der Waals surface area (Å²) in [5.41, 5.74) is 6.15. The quantitative estimate of drug-likeness (QED) is 0.608. The van der Waals surface area contributed by atoms with Crippen molar-refractivity contribution >= 4 is 11.5 Å². The van der Waals surface area contributed by atoms with E-state index in [0.717, 1.165) is 25.2 Å². The van der Waals surface area contributed by atoms with Crippen molar-refractivity contribution in [3.8, 4) is 5.88 Å². The molecule has 1 aromatic heterocycles. The van der Waals surface area contributed by atoms with E-state index in [2.05, 4.69) is 10.3 Å². The van der Waals surface area contributed by atoms with E-state index in [-0.39, 0.29) is 6.61 Å². The third-order valence-electron chi connectivity index (χ3n) is 1.97. The van der Waals surface area contributed by atoms with Crippen LogP contribution in [0.25, 0.3) is 0 Å². The minimum Gasteiger partial charge on any atom is -0.479 e. The van der Waals surface area contributed by atoms with Gasteiger partial charge in [-0.15, -0.1) is 0 Å². The van der Waals surface area contributed by atoms with E-state index in [1.54, 1.807) is 12.1 Å². The summed E-state index contributed by atoms with van der Waals surface area (Å²) in [5.74, 6) is 1.17. The van der Waals surface area contributed by atoms with Crippen LogP contribution in [-0.4, -0.2) is 30.4 Å². The van der Waals surface area contributed by atoms with Crippen LogP contribution in [-0.2, 0) is 0 Å². The number of unbranched alkanes of at least 4 members (excludes halogenated alkanes) is 1. The number of aromatic nitrogens is 1. The van der Waals surface area contributed by atoms with Crippen molar-refractivity contribution in [3.05, 3.63) is 12.1 Å². The lowest BCUT2D eigenvalue weighted by atomic mass is 10.3. The van der Waals surface area contributed by atoms with Crippen LogP contribution < -0.4 is 15.8 Å². The number of pyridine rings is 1. The largest absolute Gasteiger partial charge is 0.479 e. The van der Waals surface area contributed by atoms with Gasteiger partial charge in [-0.3, -0.25) is 0 Å². The minimum absolute atomic E-state index is 0.222. The molecule has 0 aliphatic rings. The lowest BCUT2D eigenvalue weighted by Gasteiger charge is -2.08. The molecule has 0 saturated heterocycles. The first kappa shape index (κ1) is 11.6. The fraction of sp³-hybridized carbons (Fsp3) is 0.500. The Balaban J connectivity index is 2.47. The molecule has 15 heavy (non-hydrogen) atoms. The molecule has 0 atom stereocenters. The first-order valence-corrected chi connectivity index (χ1v) is 4.93. The van der Waals surface area contributed by atoms with Gasteiger partial charge in [0, 0.05) is 13.2 Å². The normalized spacial score (nSPS) is 10.0. The maximum absolute atomic E-state index is 8.60. The van der Waals surface area contributed by atoms with Crippen LogP contribution in [0, 0.1) is 0 Å². The number of ether oxygens (including phenoxy) is 1. The number of nitrogens with zero attached hydrogens (tertiary/aromatic N) is 1. The Morgan fingerprint density at radius 1 is 1.47 bits per heavy atom. The number of aliphatic hydroxyl groups is 1. The second-order valence-electron chi connectivity index (χ2n) is 3.15. The standard InChI is InChI=1S/C10H17N3O2/c1-15-10-8(11)4-5-9(13-10)12-6-2-3-7-14/h4-5,14H,2-3,6-7,11H2,1H3,(H,12,13). The lowest BCUT2D eigenvalue weighted by molar-refractivity contribution is 0.286. The zero-order valence-corrected chi connectivity index (χ0v) is 8.86. The Morgan fingerprint density at radius 2 is 2.27 bits per heavy atom. The van der Waals surface area contributed by atoms with E-state index in [9.17, 15) is 0 Å². The van der Waals surface area contributed by atoms with Gasteiger partial charge >= 0.3 is 0 Å². The van der Waals surface area contributed by atoms with Crippen LogP contribution in [0.3, 0.4) is 0 Å². The van der Waals surface area contributed by atoms with Gasteiger partial charge in [0.2, 0.25) is 5.88 Å². The molecule has 0 unspecified atom stereocenters. The monoisotopic (exact) mass is 211 g/mol. The van der Waals surface area contributed by atoms with Gasteiger partial charge in [-0.1, -0.05) is 0 Å². The maximum Gasteiger partial charge on any atom is 0.238 e. The van der Waals surface area contributed by atoms with Crippen LogP contribution >= 0.6 is 0 Å². The molecule has 0 aliphatic carbocycles. The summed E-state index contributed by atoms with van der Waals surface area (Å²) in [6, 6.07) is 3.55. The van der Waals surface area contributed by atoms with Crippen molar-refractivity contribution in [1.29, 1.82) is 0 Å². The van der Waals surface area contributed by atoms with Gasteiger partial charge in [-0.25, -0.2) is 0 Å². The molecule has 84 valence electrons. The van der Waals surface area contributed by atoms with Gasteiger partial charge < -0.3 is 20.9 Å². The third kappa shape index (κ3) is 3.63. The molecule has 5 heteroatoms. The van der Waals surface area contributed by atoms with Crippen LogP contribution in [0.4, 0.5) is 11.5 Å². The van der Waals surface area contributed by atoms with Crippen molar-refractivity contribution in [1.82, 2.24) is 4.98 Å². The van der Waals surface area contributed by atoms with E-state index in [4.69, 9.17) is 15.6 Å². The topological polar surface area (TPSA) is 80.4 Å². The number of methoxy groups -OCH3 is 1. The summed E-state index contributed by atoms with van der Waals surface area (Å²) in [4.78, 5) is 4.17. The molecule has 0 fully saturated rings. The molecule has 0 bridgehead atoms. The summed E-state index contributed by atoms with van der Waals surface area (Å²) in [6.45, 7) is 1.00. The van der Waals surface area contributed by atoms with Crippen molar-refractivity contribution in [2.45, 2.75) is 12.8 Å². The van der Waals surface area contributed by atoms with E-state index < -0.39 is 0 Å². The average molecular weight is 211 g/mol. The summed E-state index contributed by atoms with van der Waals surface area (Å²) in [7, 11) is 1.54. The predicted octanol–water partition coefficient (Wildman–Crippen LogP) is 0.857. The first-order valence-electron chi connectivity index (χ1n) is 4.93. The molecule has 1 aromatic rings. The molecule has 1 heterocycles. The number of nitrogens with two attached hydrogens (primary N) is 1. The second-order valence-corrected chi connectivity index (χ2v) is 3.15. The number of rotatable bonds is 6. The molecule has 4 N–H and O–H groups in total. The number of hydrogen-bond donors (Lipinski definition) is 3. The summed E-state index contributed by atoms with van der Waals surface area (Å²) < 4.78 is 5.00. The number of anilines is 2. The zero-order chi connectivity index (χ0) is 11.1. The van der Waals surface area contributed by atoms with E-state index in [1.807, 2.05) is 0 Å². The highest BCUT2D eigenvalue weighted by Gasteiger charge is 2.01. The van der Waals surface area contributed by atoms with E-state index in [0.29, 0.717) is 11.6 Å². The molecular weight excluding hydrogens is 194 g/mol. The highest BCUT2D eigenvalue weighted by atomic mass is 16.5. The number of nitrogens with one attached hydrogen (secondary N) is 1. The summed E-state index contributed by atoms with van der Waals surface area (Å²) in [6.07, 6.45) is 1.70. The van der Waals surface area contributed by atoms with Crippen LogP contribution in [0.5, 0.6) is 5.88 Å². The third-order valence-corrected chi connectivity index (χ3v) is 1.97. The van der Waals surface area contributed by atoms with Crippen molar-refractivity contribution in [3.63, 3.8) is 0 Å². The molecule has 0 saturated carbocycles. The SMILES string of the molecule is COc1nc(NCCCCO)ccc1N. The molecule has 0 aliphatic heterocycles. The zero-order valence-electron chi connectivity index (χ0n) is 8.86. The van der Waals surface area contributed by atoms with Gasteiger partial charge in [0.15, 0.2) is 0 Å². The molecular formula is C10H17N3O2. The highest BCUT2D eigenvalue weighted by molar-refractivity contribution is 5.53. The summed E-state index contributed by atoms with van der Waals surface area (Å²) in [5, 5.41) is 11.7. The number of nitrogen functional groups attached to an aromatic ring is 1. The molecule has 0 amide bonds. The number of aliphatic hydroxyl groups excluding tert-OH is 1. The van der Waals surface area contributed by atoms with Crippen LogP contribution in [0.15, 0.2) is 12.1 Å². The van der Waals surface area contributed by atoms with Gasteiger partial charge in [0.1, 0.15) is 5.82 Å². The smallest absolute Gasteiger partial charge is 0.238 e. The highest BCUT2D eigenvalue weighted by Crippen LogP contribution is 2.19. The van der Waals surface area contributed by atoms with Gasteiger partial charge in [0.25, 0.3) is 0 Å². The van der Waals surface area contributed by atoms with Crippen molar-refractivity contribution in [2.75, 3.05) is 31.3 Å². The van der Waals surface area contributed by atoms with Gasteiger partial charge in [-0.2, -0.15) is 4.98 Å². The predicted molar refractivity (Wildman–Crippen MR) is 60.0 cm³/mol. The molecule has 5 nitrogen and oxygen atoms in total. The molecule has 1 rings (SSSR count). The fourth-order valence-electron chi connectivity index (χ4n) is 1.17. The fourth-order valence-corrected chi connectivity index (χ4v) is 1.17. The Bertz CT molecular complexity index is 305. The van der Waals surface area contributed by atoms with E-state index in [1.165, 1.54) is 7.11 Å². The maximum atomic E-state index is 8.60. The van der Waals surface area contributed by atoms with Gasteiger partial charge in [-0.05, 0) is 25.0 Å². The Morgan fingerprint density at radius 3 is 2.93 bits per heavy atom. The van der Waals surface area contributed by atoms with Crippen molar-refractivity contribution < 1.29 is 9.84 Å². The van der Waals surface area contributed by atoms with Crippen LogP contribution in [0.2, 0.25) is 0 Å².